The lowest BCUT2D eigenvalue weighted by Gasteiger charge is -2.23. The quantitative estimate of drug-likeness (QED) is 0.784. The van der Waals surface area contributed by atoms with Crippen molar-refractivity contribution in [2.45, 2.75) is 36.6 Å². The van der Waals surface area contributed by atoms with Crippen molar-refractivity contribution in [2.75, 3.05) is 11.9 Å². The van der Waals surface area contributed by atoms with Crippen molar-refractivity contribution in [3.05, 3.63) is 59.7 Å². The third kappa shape index (κ3) is 4.86. The fraction of sp³-hybridized carbons (Fsp3) is 0.300. The Morgan fingerprint density at radius 2 is 1.88 bits per heavy atom. The number of amides is 2. The number of thioether (sulfide) groups is 1. The van der Waals surface area contributed by atoms with Crippen LogP contribution in [-0.2, 0) is 27.5 Å². The summed E-state index contributed by atoms with van der Waals surface area (Å²) in [4.78, 5) is 25.4. The van der Waals surface area contributed by atoms with E-state index in [2.05, 4.69) is 10.6 Å². The van der Waals surface area contributed by atoms with E-state index in [1.807, 2.05) is 55.5 Å². The average Bonchev–Trinajstić information content (AvgIpc) is 2.66. The van der Waals surface area contributed by atoms with Crippen LogP contribution in [-0.4, -0.2) is 23.7 Å². The topological polar surface area (TPSA) is 67.4 Å². The molecule has 1 aliphatic rings. The second kappa shape index (κ2) is 8.87. The number of nitrogens with one attached hydrogen (secondary N) is 2. The third-order valence-corrected chi connectivity index (χ3v) is 5.34. The predicted octanol–water partition coefficient (Wildman–Crippen LogP) is 3.34. The van der Waals surface area contributed by atoms with E-state index in [1.165, 1.54) is 11.8 Å². The molecular weight excluding hydrogens is 348 g/mol. The number of hydrogen-bond donors (Lipinski definition) is 2. The van der Waals surface area contributed by atoms with E-state index in [1.54, 1.807) is 0 Å². The van der Waals surface area contributed by atoms with Crippen LogP contribution in [0.3, 0.4) is 0 Å². The monoisotopic (exact) mass is 370 g/mol. The van der Waals surface area contributed by atoms with Gasteiger partial charge in [0, 0.05) is 24.5 Å². The summed E-state index contributed by atoms with van der Waals surface area (Å²) in [6.45, 7) is 3.70. The summed E-state index contributed by atoms with van der Waals surface area (Å²) in [5.74, 6) is -0.250. The number of para-hydroxylation sites is 1. The Bertz CT molecular complexity index is 777. The molecule has 26 heavy (non-hydrogen) atoms. The first kappa shape index (κ1) is 18.5. The normalized spacial score (nSPS) is 15.9. The first-order chi connectivity index (χ1) is 12.7. The van der Waals surface area contributed by atoms with Gasteiger partial charge in [0.25, 0.3) is 0 Å². The van der Waals surface area contributed by atoms with Gasteiger partial charge in [0.2, 0.25) is 11.8 Å². The number of fused-ring (bicyclic) bond motifs is 1. The van der Waals surface area contributed by atoms with Gasteiger partial charge in [-0.2, -0.15) is 0 Å². The lowest BCUT2D eigenvalue weighted by molar-refractivity contribution is -0.124. The van der Waals surface area contributed by atoms with E-state index in [-0.39, 0.29) is 18.2 Å². The predicted molar refractivity (Wildman–Crippen MR) is 103 cm³/mol. The van der Waals surface area contributed by atoms with Crippen LogP contribution in [0.5, 0.6) is 0 Å². The molecule has 136 valence electrons. The van der Waals surface area contributed by atoms with Crippen LogP contribution in [0.15, 0.2) is 53.4 Å². The smallest absolute Gasteiger partial charge is 0.238 e. The molecule has 0 bridgehead atoms. The Hall–Kier alpha value is -2.31. The maximum Gasteiger partial charge on any atom is 0.238 e. The zero-order valence-electron chi connectivity index (χ0n) is 14.7. The fourth-order valence-corrected chi connectivity index (χ4v) is 3.75. The number of carbonyl (C=O) groups excluding carboxylic acids is 2. The van der Waals surface area contributed by atoms with Gasteiger partial charge in [0.05, 0.1) is 17.5 Å². The Morgan fingerprint density at radius 1 is 1.15 bits per heavy atom. The summed E-state index contributed by atoms with van der Waals surface area (Å²) >= 11 is 1.44. The molecule has 2 amide bonds. The van der Waals surface area contributed by atoms with Gasteiger partial charge in [-0.25, -0.2) is 0 Å². The minimum atomic E-state index is -0.404. The molecule has 6 heteroatoms. The molecule has 0 radical (unpaired) electrons. The van der Waals surface area contributed by atoms with E-state index < -0.39 is 5.25 Å². The molecule has 2 aromatic carbocycles. The maximum absolute atomic E-state index is 12.2. The van der Waals surface area contributed by atoms with Crippen LogP contribution in [0.1, 0.15) is 24.5 Å². The van der Waals surface area contributed by atoms with Crippen LogP contribution in [0.4, 0.5) is 5.69 Å². The molecule has 0 fully saturated rings. The second-order valence-corrected chi connectivity index (χ2v) is 7.27. The van der Waals surface area contributed by atoms with Crippen molar-refractivity contribution in [1.29, 1.82) is 0 Å². The first-order valence-electron chi connectivity index (χ1n) is 8.64. The highest BCUT2D eigenvalue weighted by Crippen LogP contribution is 2.36. The standard InChI is InChI=1S/C20H22N2O3S/c1-2-25-13-15-9-7-14(8-10-15)12-21-19(23)11-18-20(24)22-16-5-3-4-6-17(16)26-18/h3-10,18H,2,11-13H2,1H3,(H,21,23)(H,22,24). The molecule has 1 atom stereocenters. The lowest BCUT2D eigenvalue weighted by Crippen LogP contribution is -2.34. The molecule has 0 aliphatic carbocycles. The summed E-state index contributed by atoms with van der Waals surface area (Å²) in [5, 5.41) is 5.35. The van der Waals surface area contributed by atoms with Crippen molar-refractivity contribution in [1.82, 2.24) is 5.32 Å². The first-order valence-corrected chi connectivity index (χ1v) is 9.52. The molecule has 0 saturated carbocycles. The van der Waals surface area contributed by atoms with Gasteiger partial charge in [-0.05, 0) is 30.2 Å². The van der Waals surface area contributed by atoms with Crippen LogP contribution >= 0.6 is 11.8 Å². The number of ether oxygens (including phenoxy) is 1. The van der Waals surface area contributed by atoms with Gasteiger partial charge in [-0.1, -0.05) is 36.4 Å². The highest BCUT2D eigenvalue weighted by atomic mass is 32.2. The third-order valence-electron chi connectivity index (χ3n) is 4.06. The number of rotatable bonds is 7. The maximum atomic E-state index is 12.2. The average molecular weight is 370 g/mol. The van der Waals surface area contributed by atoms with E-state index in [9.17, 15) is 9.59 Å². The van der Waals surface area contributed by atoms with Gasteiger partial charge < -0.3 is 15.4 Å². The molecule has 3 rings (SSSR count). The largest absolute Gasteiger partial charge is 0.377 e. The minimum absolute atomic E-state index is 0.121. The highest BCUT2D eigenvalue weighted by Gasteiger charge is 2.28. The Labute approximate surface area is 157 Å². The molecule has 2 N–H and O–H groups in total. The van der Waals surface area contributed by atoms with E-state index in [0.29, 0.717) is 19.8 Å². The van der Waals surface area contributed by atoms with E-state index >= 15 is 0 Å². The Morgan fingerprint density at radius 3 is 2.65 bits per heavy atom. The summed E-state index contributed by atoms with van der Waals surface area (Å²) in [6.07, 6.45) is 0.160. The number of benzene rings is 2. The molecule has 1 heterocycles. The molecule has 0 saturated heterocycles. The highest BCUT2D eigenvalue weighted by molar-refractivity contribution is 8.01. The Balaban J connectivity index is 1.49. The number of anilines is 1. The van der Waals surface area contributed by atoms with E-state index in [4.69, 9.17) is 4.74 Å². The zero-order chi connectivity index (χ0) is 18.4. The van der Waals surface area contributed by atoms with Crippen molar-refractivity contribution in [3.63, 3.8) is 0 Å². The zero-order valence-corrected chi connectivity index (χ0v) is 15.5. The SMILES string of the molecule is CCOCc1ccc(CNC(=O)CC2Sc3ccccc3NC2=O)cc1. The van der Waals surface area contributed by atoms with Crippen molar-refractivity contribution in [2.24, 2.45) is 0 Å². The summed E-state index contributed by atoms with van der Waals surface area (Å²) < 4.78 is 5.37. The molecular formula is C20H22N2O3S. The van der Waals surface area contributed by atoms with Gasteiger partial charge >= 0.3 is 0 Å². The van der Waals surface area contributed by atoms with Crippen molar-refractivity contribution >= 4 is 29.3 Å². The van der Waals surface area contributed by atoms with Gasteiger partial charge in [0.15, 0.2) is 0 Å². The minimum Gasteiger partial charge on any atom is -0.377 e. The van der Waals surface area contributed by atoms with Gasteiger partial charge in [-0.3, -0.25) is 9.59 Å². The number of carbonyl (C=O) groups is 2. The molecule has 2 aromatic rings. The Kier molecular flexibility index (Phi) is 6.30. The van der Waals surface area contributed by atoms with Crippen molar-refractivity contribution < 1.29 is 14.3 Å². The van der Waals surface area contributed by atoms with Crippen LogP contribution in [0, 0.1) is 0 Å². The lowest BCUT2D eigenvalue weighted by atomic mass is 10.1. The van der Waals surface area contributed by atoms with Crippen LogP contribution < -0.4 is 10.6 Å². The van der Waals surface area contributed by atoms with Crippen LogP contribution in [0.2, 0.25) is 0 Å². The van der Waals surface area contributed by atoms with Crippen molar-refractivity contribution in [3.8, 4) is 0 Å². The molecule has 1 unspecified atom stereocenters. The molecule has 1 aliphatic heterocycles. The number of hydrogen-bond acceptors (Lipinski definition) is 4. The van der Waals surface area contributed by atoms with Gasteiger partial charge in [-0.15, -0.1) is 11.8 Å². The van der Waals surface area contributed by atoms with E-state index in [0.717, 1.165) is 21.7 Å². The molecule has 5 nitrogen and oxygen atoms in total. The fourth-order valence-electron chi connectivity index (χ4n) is 2.64. The van der Waals surface area contributed by atoms with Gasteiger partial charge in [0.1, 0.15) is 0 Å². The van der Waals surface area contributed by atoms with Crippen LogP contribution in [0.25, 0.3) is 0 Å². The second-order valence-electron chi connectivity index (χ2n) is 6.03. The molecule has 0 aromatic heterocycles. The molecule has 0 spiro atoms. The summed E-state index contributed by atoms with van der Waals surface area (Å²) in [7, 11) is 0. The summed E-state index contributed by atoms with van der Waals surface area (Å²) in [6, 6.07) is 15.6. The summed E-state index contributed by atoms with van der Waals surface area (Å²) in [5.41, 5.74) is 2.94.